The Hall–Kier alpha value is -3.93. The minimum Gasteiger partial charge on any atom is -0.437 e. The van der Waals surface area contributed by atoms with Crippen LogP contribution in [0.5, 0.6) is 0 Å². The number of fused-ring (bicyclic) bond motifs is 1. The van der Waals surface area contributed by atoms with E-state index in [2.05, 4.69) is 27.2 Å². The number of nitrogens with zero attached hydrogens (tertiary/aromatic N) is 2. The summed E-state index contributed by atoms with van der Waals surface area (Å²) < 4.78 is 6.29. The summed E-state index contributed by atoms with van der Waals surface area (Å²) in [5.41, 5.74) is 3.99. The van der Waals surface area contributed by atoms with Crippen molar-refractivity contribution in [2.45, 2.75) is 31.7 Å². The maximum atomic E-state index is 11.8. The third kappa shape index (κ3) is 3.87. The topological polar surface area (TPSA) is 80.1 Å². The number of rotatable bonds is 6. The highest BCUT2D eigenvalue weighted by Gasteiger charge is 2.24. The summed E-state index contributed by atoms with van der Waals surface area (Å²) in [6, 6.07) is 18.1. The van der Waals surface area contributed by atoms with Crippen LogP contribution in [-0.2, 0) is 4.79 Å². The molecule has 4 aromatic rings. The Morgan fingerprint density at radius 2 is 1.81 bits per heavy atom. The van der Waals surface area contributed by atoms with E-state index < -0.39 is 0 Å². The van der Waals surface area contributed by atoms with E-state index in [-0.39, 0.29) is 5.91 Å². The lowest BCUT2D eigenvalue weighted by molar-refractivity contribution is -0.111. The molecule has 0 atom stereocenters. The molecule has 1 amide bonds. The van der Waals surface area contributed by atoms with Crippen LogP contribution in [0, 0.1) is 0 Å². The Morgan fingerprint density at radius 1 is 1.03 bits per heavy atom. The van der Waals surface area contributed by atoms with Gasteiger partial charge in [0.2, 0.25) is 11.6 Å². The predicted octanol–water partition coefficient (Wildman–Crippen LogP) is 6.04. The first kappa shape index (κ1) is 20.0. The van der Waals surface area contributed by atoms with Crippen molar-refractivity contribution in [2.24, 2.45) is 0 Å². The number of benzene rings is 2. The van der Waals surface area contributed by atoms with E-state index in [1.807, 2.05) is 54.6 Å². The molecule has 6 nitrogen and oxygen atoms in total. The van der Waals surface area contributed by atoms with Crippen molar-refractivity contribution in [3.63, 3.8) is 0 Å². The Kier molecular flexibility index (Phi) is 5.42. The lowest BCUT2D eigenvalue weighted by atomic mass is 9.98. The minimum absolute atomic E-state index is 0.255. The number of anilines is 2. The molecule has 5 rings (SSSR count). The van der Waals surface area contributed by atoms with Gasteiger partial charge in [-0.15, -0.1) is 0 Å². The molecule has 0 aliphatic heterocycles. The zero-order valence-electron chi connectivity index (χ0n) is 17.7. The molecule has 2 N–H and O–H groups in total. The SMILES string of the molecule is C=CC(=O)Nc1cccc(-c2c(-c3ccccc3)oc3ncnc(NC4CCCC4)c23)c1. The van der Waals surface area contributed by atoms with Crippen molar-refractivity contribution < 1.29 is 9.21 Å². The van der Waals surface area contributed by atoms with Crippen molar-refractivity contribution in [2.75, 3.05) is 10.6 Å². The van der Waals surface area contributed by atoms with Gasteiger partial charge in [0.1, 0.15) is 17.9 Å². The van der Waals surface area contributed by atoms with Crippen LogP contribution in [0.3, 0.4) is 0 Å². The van der Waals surface area contributed by atoms with Crippen LogP contribution in [0.25, 0.3) is 33.6 Å². The molecule has 0 saturated heterocycles. The first-order valence-corrected chi connectivity index (χ1v) is 10.9. The van der Waals surface area contributed by atoms with E-state index in [0.717, 1.165) is 46.5 Å². The third-order valence-electron chi connectivity index (χ3n) is 5.82. The van der Waals surface area contributed by atoms with E-state index in [9.17, 15) is 4.79 Å². The van der Waals surface area contributed by atoms with Crippen molar-refractivity contribution >= 4 is 28.5 Å². The molecule has 0 bridgehead atoms. The second-order valence-electron chi connectivity index (χ2n) is 7.97. The molecule has 2 heterocycles. The standard InChI is InChI=1S/C26H24N4O2/c1-2-21(31)29-20-14-8-11-18(15-20)22-23-25(30-19-12-6-7-13-19)27-16-28-26(23)32-24(22)17-9-4-3-5-10-17/h2-5,8-11,14-16,19H,1,6-7,12-13H2,(H,29,31)(H,27,28,30). The summed E-state index contributed by atoms with van der Waals surface area (Å²) in [6.45, 7) is 3.53. The molecule has 0 spiro atoms. The van der Waals surface area contributed by atoms with Crippen molar-refractivity contribution in [1.29, 1.82) is 0 Å². The van der Waals surface area contributed by atoms with Gasteiger partial charge in [-0.1, -0.05) is 61.9 Å². The molecule has 2 aromatic heterocycles. The van der Waals surface area contributed by atoms with Gasteiger partial charge < -0.3 is 15.1 Å². The van der Waals surface area contributed by atoms with Crippen molar-refractivity contribution in [3.8, 4) is 22.5 Å². The number of carbonyl (C=O) groups is 1. The van der Waals surface area contributed by atoms with Crippen LogP contribution >= 0.6 is 0 Å². The van der Waals surface area contributed by atoms with Crippen LogP contribution in [-0.4, -0.2) is 21.9 Å². The van der Waals surface area contributed by atoms with E-state index >= 15 is 0 Å². The third-order valence-corrected chi connectivity index (χ3v) is 5.82. The molecule has 1 aliphatic rings. The fraction of sp³-hybridized carbons (Fsp3) is 0.192. The van der Waals surface area contributed by atoms with Crippen LogP contribution in [0.4, 0.5) is 11.5 Å². The molecular weight excluding hydrogens is 400 g/mol. The first-order valence-electron chi connectivity index (χ1n) is 10.9. The van der Waals surface area contributed by atoms with Gasteiger partial charge in [0, 0.05) is 22.9 Å². The van der Waals surface area contributed by atoms with Crippen LogP contribution in [0.15, 0.2) is 78.0 Å². The smallest absolute Gasteiger partial charge is 0.247 e. The highest BCUT2D eigenvalue weighted by atomic mass is 16.3. The van der Waals surface area contributed by atoms with Gasteiger partial charge in [-0.3, -0.25) is 4.79 Å². The zero-order valence-corrected chi connectivity index (χ0v) is 17.7. The summed E-state index contributed by atoms with van der Waals surface area (Å²) in [6.07, 6.45) is 7.52. The quantitative estimate of drug-likeness (QED) is 0.369. The second-order valence-corrected chi connectivity index (χ2v) is 7.97. The summed E-state index contributed by atoms with van der Waals surface area (Å²) in [5, 5.41) is 7.31. The molecule has 1 aliphatic carbocycles. The Bertz CT molecular complexity index is 1270. The average molecular weight is 425 g/mol. The second kappa shape index (κ2) is 8.67. The van der Waals surface area contributed by atoms with Crippen molar-refractivity contribution in [3.05, 3.63) is 73.6 Å². The monoisotopic (exact) mass is 424 g/mol. The Morgan fingerprint density at radius 3 is 2.59 bits per heavy atom. The molecular formula is C26H24N4O2. The lowest BCUT2D eigenvalue weighted by Gasteiger charge is -2.14. The molecule has 0 unspecified atom stereocenters. The normalized spacial score (nSPS) is 13.9. The van der Waals surface area contributed by atoms with Gasteiger partial charge in [0.15, 0.2) is 0 Å². The highest BCUT2D eigenvalue weighted by Crippen LogP contribution is 2.43. The largest absolute Gasteiger partial charge is 0.437 e. The molecule has 0 radical (unpaired) electrons. The van der Waals surface area contributed by atoms with Gasteiger partial charge in [-0.25, -0.2) is 9.97 Å². The maximum absolute atomic E-state index is 11.8. The minimum atomic E-state index is -0.255. The van der Waals surface area contributed by atoms with Gasteiger partial charge in [-0.05, 0) is 36.6 Å². The summed E-state index contributed by atoms with van der Waals surface area (Å²) >= 11 is 0. The molecule has 6 heteroatoms. The average Bonchev–Trinajstić information content (AvgIpc) is 3.48. The fourth-order valence-electron chi connectivity index (χ4n) is 4.32. The highest BCUT2D eigenvalue weighted by molar-refractivity contribution is 6.07. The number of nitrogens with one attached hydrogen (secondary N) is 2. The van der Waals surface area contributed by atoms with Gasteiger partial charge in [0.25, 0.3) is 0 Å². The predicted molar refractivity (Wildman–Crippen MR) is 127 cm³/mol. The van der Waals surface area contributed by atoms with E-state index in [4.69, 9.17) is 4.42 Å². The molecule has 1 saturated carbocycles. The number of amides is 1. The molecule has 2 aromatic carbocycles. The summed E-state index contributed by atoms with van der Waals surface area (Å²) in [5.74, 6) is 1.25. The Balaban J connectivity index is 1.71. The summed E-state index contributed by atoms with van der Waals surface area (Å²) in [7, 11) is 0. The van der Waals surface area contributed by atoms with E-state index in [1.54, 1.807) is 6.33 Å². The molecule has 32 heavy (non-hydrogen) atoms. The van der Waals surface area contributed by atoms with Gasteiger partial charge >= 0.3 is 0 Å². The number of furan rings is 1. The molecule has 160 valence electrons. The number of hydrogen-bond donors (Lipinski definition) is 2. The van der Waals surface area contributed by atoms with E-state index in [1.165, 1.54) is 18.9 Å². The van der Waals surface area contributed by atoms with E-state index in [0.29, 0.717) is 17.4 Å². The fourth-order valence-corrected chi connectivity index (χ4v) is 4.32. The van der Waals surface area contributed by atoms with Crippen LogP contribution in [0.2, 0.25) is 0 Å². The number of aromatic nitrogens is 2. The maximum Gasteiger partial charge on any atom is 0.247 e. The van der Waals surface area contributed by atoms with Gasteiger partial charge in [-0.2, -0.15) is 0 Å². The van der Waals surface area contributed by atoms with Gasteiger partial charge in [0.05, 0.1) is 5.39 Å². The Labute approximate surface area is 186 Å². The lowest BCUT2D eigenvalue weighted by Crippen LogP contribution is -2.15. The van der Waals surface area contributed by atoms with Crippen molar-refractivity contribution in [1.82, 2.24) is 9.97 Å². The molecule has 1 fully saturated rings. The van der Waals surface area contributed by atoms with Crippen LogP contribution < -0.4 is 10.6 Å². The first-order chi connectivity index (χ1) is 15.7. The van der Waals surface area contributed by atoms with Crippen LogP contribution in [0.1, 0.15) is 25.7 Å². The number of hydrogen-bond acceptors (Lipinski definition) is 5. The number of carbonyl (C=O) groups excluding carboxylic acids is 1. The zero-order chi connectivity index (χ0) is 21.9. The summed E-state index contributed by atoms with van der Waals surface area (Å²) in [4.78, 5) is 20.9.